The van der Waals surface area contributed by atoms with E-state index in [1.807, 2.05) is 42.5 Å². The van der Waals surface area contributed by atoms with Crippen molar-refractivity contribution < 1.29 is 0 Å². The number of nitrogens with two attached hydrogens (primary N) is 1. The maximum Gasteiger partial charge on any atom is 0.259 e. The number of benzene rings is 2. The zero-order valence-corrected chi connectivity index (χ0v) is 13.6. The SMILES string of the molecule is N=C(c1ccc(SN)cc1)c1c(Nc2ccccc2)cc[nH]c1=O. The number of pyridine rings is 1. The van der Waals surface area contributed by atoms with Gasteiger partial charge in [-0.3, -0.25) is 15.3 Å². The van der Waals surface area contributed by atoms with Gasteiger partial charge in [0.25, 0.3) is 5.56 Å². The summed E-state index contributed by atoms with van der Waals surface area (Å²) < 4.78 is 0. The molecule has 120 valence electrons. The Bertz CT molecular complexity index is 904. The van der Waals surface area contributed by atoms with Crippen molar-refractivity contribution in [3.05, 3.63) is 88.3 Å². The topological polar surface area (TPSA) is 94.8 Å². The number of nitrogens with one attached hydrogen (secondary N) is 3. The van der Waals surface area contributed by atoms with Crippen LogP contribution in [0, 0.1) is 5.41 Å². The van der Waals surface area contributed by atoms with E-state index < -0.39 is 0 Å². The van der Waals surface area contributed by atoms with Crippen LogP contribution in [0.25, 0.3) is 0 Å². The molecule has 5 nitrogen and oxygen atoms in total. The zero-order valence-electron chi connectivity index (χ0n) is 12.7. The number of aromatic amines is 1. The average molecular weight is 336 g/mol. The predicted octanol–water partition coefficient (Wildman–Crippen LogP) is 3.50. The summed E-state index contributed by atoms with van der Waals surface area (Å²) in [6.07, 6.45) is 1.57. The van der Waals surface area contributed by atoms with E-state index in [4.69, 9.17) is 10.5 Å². The van der Waals surface area contributed by atoms with Gasteiger partial charge in [-0.25, -0.2) is 0 Å². The lowest BCUT2D eigenvalue weighted by atomic mass is 10.0. The quantitative estimate of drug-likeness (QED) is 0.424. The van der Waals surface area contributed by atoms with Gasteiger partial charge in [-0.2, -0.15) is 0 Å². The highest BCUT2D eigenvalue weighted by Gasteiger charge is 2.14. The third-order valence-corrected chi connectivity index (χ3v) is 4.09. The standard InChI is InChI=1S/C18H16N4OS/c19-17(12-6-8-14(24-20)9-7-12)16-15(10-11-21-18(16)23)22-13-4-2-1-3-5-13/h1-11,19H,20H2,(H2,21,22,23). The van der Waals surface area contributed by atoms with E-state index in [1.165, 1.54) is 0 Å². The van der Waals surface area contributed by atoms with Gasteiger partial charge in [-0.1, -0.05) is 30.3 Å². The highest BCUT2D eigenvalue weighted by atomic mass is 32.2. The lowest BCUT2D eigenvalue weighted by Crippen LogP contribution is -2.20. The van der Waals surface area contributed by atoms with Gasteiger partial charge in [-0.15, -0.1) is 0 Å². The van der Waals surface area contributed by atoms with Crippen molar-refractivity contribution >= 4 is 29.0 Å². The van der Waals surface area contributed by atoms with Crippen LogP contribution < -0.4 is 16.0 Å². The third-order valence-electron chi connectivity index (χ3n) is 3.54. The van der Waals surface area contributed by atoms with Crippen LogP contribution in [0.2, 0.25) is 0 Å². The molecule has 1 heterocycles. The van der Waals surface area contributed by atoms with Crippen molar-refractivity contribution in [1.82, 2.24) is 4.98 Å². The summed E-state index contributed by atoms with van der Waals surface area (Å²) in [5.41, 5.74) is 2.25. The van der Waals surface area contributed by atoms with E-state index in [-0.39, 0.29) is 11.3 Å². The summed E-state index contributed by atoms with van der Waals surface area (Å²) in [6, 6.07) is 18.5. The van der Waals surface area contributed by atoms with Gasteiger partial charge in [0.1, 0.15) is 0 Å². The summed E-state index contributed by atoms with van der Waals surface area (Å²) in [4.78, 5) is 15.8. The van der Waals surface area contributed by atoms with E-state index in [2.05, 4.69) is 10.3 Å². The Balaban J connectivity index is 2.00. The Labute approximate surface area is 143 Å². The predicted molar refractivity (Wildman–Crippen MR) is 99.2 cm³/mol. The molecule has 0 saturated carbocycles. The Morgan fingerprint density at radius 1 is 1.04 bits per heavy atom. The molecule has 3 aromatic rings. The highest BCUT2D eigenvalue weighted by molar-refractivity contribution is 7.97. The lowest BCUT2D eigenvalue weighted by Gasteiger charge is -2.12. The monoisotopic (exact) mass is 336 g/mol. The van der Waals surface area contributed by atoms with Crippen LogP contribution in [0.4, 0.5) is 11.4 Å². The molecular weight excluding hydrogens is 320 g/mol. The molecule has 0 saturated heterocycles. The first kappa shape index (κ1) is 16.0. The minimum Gasteiger partial charge on any atom is -0.355 e. The number of hydrogen-bond acceptors (Lipinski definition) is 5. The molecule has 0 aliphatic carbocycles. The Morgan fingerprint density at radius 3 is 2.42 bits per heavy atom. The van der Waals surface area contributed by atoms with Crippen LogP contribution in [0.5, 0.6) is 0 Å². The first-order valence-corrected chi connectivity index (χ1v) is 8.17. The largest absolute Gasteiger partial charge is 0.355 e. The van der Waals surface area contributed by atoms with Crippen molar-refractivity contribution in [3.8, 4) is 0 Å². The van der Waals surface area contributed by atoms with Crippen LogP contribution in [0.1, 0.15) is 11.1 Å². The number of rotatable bonds is 5. The Kier molecular flexibility index (Phi) is 4.79. The molecule has 3 rings (SSSR count). The minimum atomic E-state index is -0.307. The molecule has 1 aromatic heterocycles. The van der Waals surface area contributed by atoms with Crippen LogP contribution in [0.3, 0.4) is 0 Å². The average Bonchev–Trinajstić information content (AvgIpc) is 2.62. The molecule has 0 aliphatic heterocycles. The van der Waals surface area contributed by atoms with Crippen molar-refractivity contribution in [1.29, 1.82) is 5.41 Å². The van der Waals surface area contributed by atoms with Gasteiger partial charge in [0.2, 0.25) is 0 Å². The second kappa shape index (κ2) is 7.16. The van der Waals surface area contributed by atoms with E-state index in [1.54, 1.807) is 24.4 Å². The normalized spacial score (nSPS) is 10.4. The summed E-state index contributed by atoms with van der Waals surface area (Å²) >= 11 is 1.14. The molecular formula is C18H16N4OS. The fourth-order valence-corrected chi connectivity index (χ4v) is 2.65. The molecule has 0 radical (unpaired) electrons. The van der Waals surface area contributed by atoms with E-state index in [0.29, 0.717) is 16.8 Å². The molecule has 0 spiro atoms. The summed E-state index contributed by atoms with van der Waals surface area (Å²) in [6.45, 7) is 0. The fraction of sp³-hybridized carbons (Fsp3) is 0. The minimum absolute atomic E-state index is 0.156. The van der Waals surface area contributed by atoms with Gasteiger partial charge >= 0.3 is 0 Å². The molecule has 6 heteroatoms. The van der Waals surface area contributed by atoms with E-state index in [0.717, 1.165) is 22.5 Å². The molecule has 0 amide bonds. The highest BCUT2D eigenvalue weighted by Crippen LogP contribution is 2.21. The first-order valence-electron chi connectivity index (χ1n) is 7.29. The van der Waals surface area contributed by atoms with E-state index in [9.17, 15) is 4.79 Å². The van der Waals surface area contributed by atoms with Gasteiger partial charge in [-0.05, 0) is 42.3 Å². The molecule has 0 bridgehead atoms. The van der Waals surface area contributed by atoms with Crippen molar-refractivity contribution in [3.63, 3.8) is 0 Å². The maximum atomic E-state index is 12.3. The summed E-state index contributed by atoms with van der Waals surface area (Å²) in [7, 11) is 0. The van der Waals surface area contributed by atoms with Crippen LogP contribution in [-0.4, -0.2) is 10.7 Å². The molecule has 0 unspecified atom stereocenters. The molecule has 0 aliphatic rings. The van der Waals surface area contributed by atoms with Crippen molar-refractivity contribution in [2.24, 2.45) is 5.14 Å². The zero-order chi connectivity index (χ0) is 16.9. The maximum absolute atomic E-state index is 12.3. The molecule has 0 fully saturated rings. The fourth-order valence-electron chi connectivity index (χ4n) is 2.35. The van der Waals surface area contributed by atoms with Gasteiger partial charge in [0.05, 0.1) is 17.0 Å². The molecule has 5 N–H and O–H groups in total. The number of hydrogen-bond donors (Lipinski definition) is 4. The second-order valence-electron chi connectivity index (χ2n) is 5.10. The third kappa shape index (κ3) is 3.40. The Morgan fingerprint density at radius 2 is 1.75 bits per heavy atom. The Hall–Kier alpha value is -2.83. The number of H-pyrrole nitrogens is 1. The molecule has 24 heavy (non-hydrogen) atoms. The molecule has 2 aromatic carbocycles. The molecule has 0 atom stereocenters. The van der Waals surface area contributed by atoms with Gasteiger partial charge < -0.3 is 10.3 Å². The second-order valence-corrected chi connectivity index (χ2v) is 5.81. The lowest BCUT2D eigenvalue weighted by molar-refractivity contribution is 1.22. The van der Waals surface area contributed by atoms with E-state index >= 15 is 0 Å². The first-order chi connectivity index (χ1) is 11.7. The number of anilines is 2. The van der Waals surface area contributed by atoms with Gasteiger partial charge in [0, 0.05) is 22.3 Å². The number of para-hydroxylation sites is 1. The summed E-state index contributed by atoms with van der Waals surface area (Å²) in [5.74, 6) is 0. The summed E-state index contributed by atoms with van der Waals surface area (Å²) in [5, 5.41) is 17.2. The van der Waals surface area contributed by atoms with Crippen LogP contribution >= 0.6 is 11.9 Å². The smallest absolute Gasteiger partial charge is 0.259 e. The van der Waals surface area contributed by atoms with Crippen molar-refractivity contribution in [2.75, 3.05) is 5.32 Å². The number of aromatic nitrogens is 1. The van der Waals surface area contributed by atoms with Crippen LogP contribution in [0.15, 0.2) is 76.6 Å². The van der Waals surface area contributed by atoms with Crippen LogP contribution in [-0.2, 0) is 0 Å². The van der Waals surface area contributed by atoms with Gasteiger partial charge in [0.15, 0.2) is 0 Å². The van der Waals surface area contributed by atoms with Crippen molar-refractivity contribution in [2.45, 2.75) is 4.90 Å².